The fourth-order valence-electron chi connectivity index (χ4n) is 9.26. The van der Waals surface area contributed by atoms with Crippen LogP contribution < -0.4 is 5.73 Å². The number of hydrogen-bond donors (Lipinski definition) is 2. The second kappa shape index (κ2) is 57.8. The van der Waals surface area contributed by atoms with Gasteiger partial charge in [0.05, 0.1) is 13.2 Å². The molecule has 0 aliphatic rings. The Morgan fingerprint density at radius 2 is 0.732 bits per heavy atom. The Hall–Kier alpha value is -1.51. The van der Waals surface area contributed by atoms with Gasteiger partial charge in [0.15, 0.2) is 6.10 Å². The first-order chi connectivity index (χ1) is 34.8. The molecule has 0 spiro atoms. The van der Waals surface area contributed by atoms with Crippen LogP contribution in [-0.4, -0.2) is 49.3 Å². The summed E-state index contributed by atoms with van der Waals surface area (Å²) in [6.45, 7) is 3.75. The van der Waals surface area contributed by atoms with E-state index < -0.39 is 26.5 Å². The summed E-state index contributed by atoms with van der Waals surface area (Å²) in [5.74, 6) is -0.814. The zero-order valence-electron chi connectivity index (χ0n) is 47.0. The van der Waals surface area contributed by atoms with Crippen molar-refractivity contribution in [2.75, 3.05) is 26.4 Å². The smallest absolute Gasteiger partial charge is 0.462 e. The van der Waals surface area contributed by atoms with E-state index in [4.69, 9.17) is 24.3 Å². The third-order valence-corrected chi connectivity index (χ3v) is 14.8. The van der Waals surface area contributed by atoms with Gasteiger partial charge in [-0.2, -0.15) is 0 Å². The molecule has 0 aromatic heterocycles. The highest BCUT2D eigenvalue weighted by atomic mass is 31.2. The summed E-state index contributed by atoms with van der Waals surface area (Å²) in [4.78, 5) is 34.9. The molecule has 0 amide bonds. The molecule has 420 valence electrons. The zero-order valence-corrected chi connectivity index (χ0v) is 47.9. The minimum absolute atomic E-state index is 0.0571. The highest BCUT2D eigenvalue weighted by molar-refractivity contribution is 7.47. The molecule has 0 aromatic rings. The molecule has 0 aliphatic heterocycles. The molecule has 0 saturated heterocycles. The molecule has 0 saturated carbocycles. The van der Waals surface area contributed by atoms with Gasteiger partial charge in [0, 0.05) is 19.4 Å². The molecule has 10 heteroatoms. The number of esters is 2. The molecule has 9 nitrogen and oxygen atoms in total. The summed E-state index contributed by atoms with van der Waals surface area (Å²) < 4.78 is 32.9. The Bertz CT molecular complexity index is 1210. The number of ether oxygens (including phenoxy) is 2. The van der Waals surface area contributed by atoms with E-state index in [2.05, 4.69) is 38.2 Å². The van der Waals surface area contributed by atoms with Crippen molar-refractivity contribution in [1.82, 2.24) is 0 Å². The number of rotatable bonds is 59. The highest BCUT2D eigenvalue weighted by Crippen LogP contribution is 2.43. The van der Waals surface area contributed by atoms with E-state index in [0.717, 1.165) is 38.5 Å². The Kier molecular flexibility index (Phi) is 56.5. The van der Waals surface area contributed by atoms with Crippen LogP contribution in [0, 0.1) is 0 Å². The normalized spacial score (nSPS) is 13.1. The van der Waals surface area contributed by atoms with Crippen molar-refractivity contribution < 1.29 is 37.6 Å². The standard InChI is InChI=1S/C61H118NO8P/c1-3-5-7-9-11-13-14-15-16-17-18-19-20-21-22-23-24-25-26-27-28-29-30-31-32-33-34-35-36-37-38-39-40-41-42-43-44-46-48-50-52-54-61(64)70-59(58-69-71(65,66)68-56-55-62)57-67-60(63)53-51-49-47-45-12-10-8-6-4-2/h14-15,17-18,59H,3-13,16,19-58,62H2,1-2H3,(H,65,66)/b15-14-,18-17-. The van der Waals surface area contributed by atoms with Crippen LogP contribution in [0.2, 0.25) is 0 Å². The zero-order chi connectivity index (χ0) is 51.7. The molecule has 0 rings (SSSR count). The lowest BCUT2D eigenvalue weighted by atomic mass is 10.0. The van der Waals surface area contributed by atoms with Crippen LogP contribution in [0.1, 0.15) is 322 Å². The third kappa shape index (κ3) is 57.6. The molecule has 71 heavy (non-hydrogen) atoms. The minimum atomic E-state index is -4.37. The minimum Gasteiger partial charge on any atom is -0.462 e. The third-order valence-electron chi connectivity index (χ3n) is 13.8. The van der Waals surface area contributed by atoms with Gasteiger partial charge in [0.2, 0.25) is 0 Å². The first-order valence-electron chi connectivity index (χ1n) is 30.8. The van der Waals surface area contributed by atoms with Crippen LogP contribution >= 0.6 is 7.82 Å². The predicted octanol–water partition coefficient (Wildman–Crippen LogP) is 19.4. The van der Waals surface area contributed by atoms with Crippen LogP contribution in [0.25, 0.3) is 0 Å². The summed E-state index contributed by atoms with van der Waals surface area (Å²) in [6, 6.07) is 0. The topological polar surface area (TPSA) is 134 Å². The molecule has 0 aromatic carbocycles. The van der Waals surface area contributed by atoms with Gasteiger partial charge in [0.25, 0.3) is 0 Å². The fraction of sp³-hybridized carbons (Fsp3) is 0.902. The summed E-state index contributed by atoms with van der Waals surface area (Å²) in [7, 11) is -4.37. The number of allylic oxidation sites excluding steroid dienone is 4. The fourth-order valence-corrected chi connectivity index (χ4v) is 10.0. The van der Waals surface area contributed by atoms with Gasteiger partial charge < -0.3 is 20.1 Å². The van der Waals surface area contributed by atoms with Gasteiger partial charge >= 0.3 is 19.8 Å². The van der Waals surface area contributed by atoms with Gasteiger partial charge in [-0.15, -0.1) is 0 Å². The number of phosphoric ester groups is 1. The van der Waals surface area contributed by atoms with Crippen LogP contribution in [0.15, 0.2) is 24.3 Å². The molecule has 0 heterocycles. The highest BCUT2D eigenvalue weighted by Gasteiger charge is 2.26. The van der Waals surface area contributed by atoms with Gasteiger partial charge in [-0.3, -0.25) is 18.6 Å². The van der Waals surface area contributed by atoms with Crippen molar-refractivity contribution in [2.45, 2.75) is 328 Å². The molecule has 0 radical (unpaired) electrons. The number of nitrogens with two attached hydrogens (primary N) is 1. The van der Waals surface area contributed by atoms with Gasteiger partial charge in [-0.05, 0) is 44.9 Å². The van der Waals surface area contributed by atoms with E-state index in [1.165, 1.54) is 250 Å². The van der Waals surface area contributed by atoms with E-state index in [0.29, 0.717) is 6.42 Å². The van der Waals surface area contributed by atoms with Crippen LogP contribution in [0.5, 0.6) is 0 Å². The first-order valence-corrected chi connectivity index (χ1v) is 32.3. The average Bonchev–Trinajstić information content (AvgIpc) is 3.36. The Balaban J connectivity index is 3.63. The molecule has 0 aliphatic carbocycles. The van der Waals surface area contributed by atoms with E-state index in [1.807, 2.05) is 0 Å². The second-order valence-electron chi connectivity index (χ2n) is 20.9. The van der Waals surface area contributed by atoms with Crippen molar-refractivity contribution >= 4 is 19.8 Å². The van der Waals surface area contributed by atoms with Gasteiger partial charge in [-0.25, -0.2) is 4.57 Å². The largest absolute Gasteiger partial charge is 0.472 e. The number of unbranched alkanes of at least 4 members (excludes halogenated alkanes) is 42. The quantitative estimate of drug-likeness (QED) is 0.0264. The van der Waals surface area contributed by atoms with Crippen molar-refractivity contribution in [3.63, 3.8) is 0 Å². The average molecular weight is 1020 g/mol. The molecular weight excluding hydrogens is 906 g/mol. The molecule has 3 N–H and O–H groups in total. The van der Waals surface area contributed by atoms with Crippen molar-refractivity contribution in [3.8, 4) is 0 Å². The Morgan fingerprint density at radius 1 is 0.423 bits per heavy atom. The maximum absolute atomic E-state index is 12.6. The second-order valence-corrected chi connectivity index (χ2v) is 22.4. The molecule has 0 fully saturated rings. The lowest BCUT2D eigenvalue weighted by molar-refractivity contribution is -0.161. The van der Waals surface area contributed by atoms with E-state index in [-0.39, 0.29) is 38.6 Å². The van der Waals surface area contributed by atoms with Crippen LogP contribution in [-0.2, 0) is 32.7 Å². The van der Waals surface area contributed by atoms with Crippen molar-refractivity contribution in [3.05, 3.63) is 24.3 Å². The molecule has 2 unspecified atom stereocenters. The van der Waals surface area contributed by atoms with Gasteiger partial charge in [0.1, 0.15) is 6.61 Å². The van der Waals surface area contributed by atoms with Gasteiger partial charge in [-0.1, -0.05) is 289 Å². The van der Waals surface area contributed by atoms with E-state index in [9.17, 15) is 19.0 Å². The van der Waals surface area contributed by atoms with Crippen LogP contribution in [0.4, 0.5) is 0 Å². The van der Waals surface area contributed by atoms with E-state index in [1.54, 1.807) is 0 Å². The number of phosphoric acid groups is 1. The predicted molar refractivity (Wildman–Crippen MR) is 303 cm³/mol. The maximum Gasteiger partial charge on any atom is 0.472 e. The SMILES string of the molecule is CCCCCCC/C=C\C/C=C\CCCCCCCCCCCCCCCCCCCCCCCCCCCCCCCC(=O)OC(COC(=O)CCCCCCCCCCC)COP(=O)(O)OCCN. The summed E-state index contributed by atoms with van der Waals surface area (Å²) in [5.41, 5.74) is 5.36. The number of carbonyl (C=O) groups excluding carboxylic acids is 2. The lowest BCUT2D eigenvalue weighted by Crippen LogP contribution is -2.29. The number of hydrogen-bond acceptors (Lipinski definition) is 8. The Morgan fingerprint density at radius 3 is 1.07 bits per heavy atom. The van der Waals surface area contributed by atoms with Crippen molar-refractivity contribution in [2.24, 2.45) is 5.73 Å². The maximum atomic E-state index is 12.6. The molecule has 2 atom stereocenters. The number of carbonyl (C=O) groups is 2. The van der Waals surface area contributed by atoms with Crippen LogP contribution in [0.3, 0.4) is 0 Å². The summed E-state index contributed by atoms with van der Waals surface area (Å²) in [5, 5.41) is 0. The summed E-state index contributed by atoms with van der Waals surface area (Å²) >= 11 is 0. The van der Waals surface area contributed by atoms with Crippen molar-refractivity contribution in [1.29, 1.82) is 0 Å². The summed E-state index contributed by atoms with van der Waals surface area (Å²) in [6.07, 6.45) is 68.7. The lowest BCUT2D eigenvalue weighted by Gasteiger charge is -2.19. The molecular formula is C61H118NO8P. The molecule has 0 bridgehead atoms. The Labute approximate surface area is 440 Å². The first kappa shape index (κ1) is 69.5. The van der Waals surface area contributed by atoms with E-state index >= 15 is 0 Å². The monoisotopic (exact) mass is 1020 g/mol.